The van der Waals surface area contributed by atoms with Crippen LogP contribution in [0.5, 0.6) is 6.01 Å². The van der Waals surface area contributed by atoms with Crippen LogP contribution >= 0.6 is 11.3 Å². The van der Waals surface area contributed by atoms with Gasteiger partial charge in [0, 0.05) is 35.1 Å². The summed E-state index contributed by atoms with van der Waals surface area (Å²) in [6, 6.07) is 2.10. The van der Waals surface area contributed by atoms with E-state index < -0.39 is 23.3 Å². The van der Waals surface area contributed by atoms with Crippen molar-refractivity contribution in [1.29, 1.82) is 5.26 Å². The number of amides is 1. The smallest absolute Gasteiger partial charge is 0.412 e. The maximum atomic E-state index is 16.6. The van der Waals surface area contributed by atoms with E-state index in [1.54, 1.807) is 20.8 Å². The Bertz CT molecular complexity index is 1820. The van der Waals surface area contributed by atoms with Gasteiger partial charge in [0.25, 0.3) is 0 Å². The highest BCUT2D eigenvalue weighted by Gasteiger charge is 2.31. The summed E-state index contributed by atoms with van der Waals surface area (Å²) in [5, 5.41) is 22.6. The van der Waals surface area contributed by atoms with Crippen LogP contribution in [-0.4, -0.2) is 69.0 Å². The lowest BCUT2D eigenvalue weighted by Gasteiger charge is -2.23. The number of fused-ring (bicyclic) bond motifs is 4. The number of anilines is 1. The molecule has 14 heteroatoms. The van der Waals surface area contributed by atoms with Gasteiger partial charge in [-0.15, -0.1) is 11.3 Å². The van der Waals surface area contributed by atoms with Crippen LogP contribution in [-0.2, 0) is 22.7 Å². The zero-order valence-electron chi connectivity index (χ0n) is 24.4. The number of nitrogens with one attached hydrogen (secondary N) is 1. The van der Waals surface area contributed by atoms with E-state index in [1.165, 1.54) is 6.20 Å². The number of nitriles is 1. The molecule has 2 N–H and O–H groups in total. The molecule has 0 bridgehead atoms. The Labute approximate surface area is 255 Å². The molecule has 44 heavy (non-hydrogen) atoms. The summed E-state index contributed by atoms with van der Waals surface area (Å²) in [7, 11) is 0. The quantitative estimate of drug-likeness (QED) is 0.279. The lowest BCUT2D eigenvalue weighted by Crippen LogP contribution is -2.36. The number of ether oxygens (including phenoxy) is 3. The van der Waals surface area contributed by atoms with E-state index in [0.29, 0.717) is 23.1 Å². The van der Waals surface area contributed by atoms with Crippen molar-refractivity contribution in [3.05, 3.63) is 40.7 Å². The molecular weight excluding hydrogens is 594 g/mol. The van der Waals surface area contributed by atoms with Gasteiger partial charge in [-0.3, -0.25) is 15.2 Å². The van der Waals surface area contributed by atoms with Gasteiger partial charge in [-0.2, -0.15) is 10.2 Å². The van der Waals surface area contributed by atoms with E-state index in [1.807, 2.05) is 6.07 Å². The first-order chi connectivity index (χ1) is 21.1. The van der Waals surface area contributed by atoms with Crippen molar-refractivity contribution in [2.24, 2.45) is 0 Å². The topological polar surface area (TPSA) is 143 Å². The molecule has 5 heterocycles. The molecule has 0 aliphatic carbocycles. The average Bonchev–Trinajstić information content (AvgIpc) is 3.71. The van der Waals surface area contributed by atoms with Crippen molar-refractivity contribution in [3.8, 4) is 23.3 Å². The fourth-order valence-electron chi connectivity index (χ4n) is 5.74. The molecule has 1 saturated heterocycles. The molecule has 6 rings (SSSR count). The summed E-state index contributed by atoms with van der Waals surface area (Å²) in [5.74, 6) is -1.46. The Balaban J connectivity index is 1.45. The molecule has 1 fully saturated rings. The summed E-state index contributed by atoms with van der Waals surface area (Å²) in [6.45, 7) is 7.03. The molecule has 0 saturated carbocycles. The number of rotatable bonds is 7. The fraction of sp³-hybridized carbons (Fsp3) is 0.433. The van der Waals surface area contributed by atoms with Crippen LogP contribution in [0.3, 0.4) is 0 Å². The van der Waals surface area contributed by atoms with Crippen LogP contribution in [0, 0.1) is 23.0 Å². The van der Waals surface area contributed by atoms with Crippen molar-refractivity contribution in [2.45, 2.75) is 58.5 Å². The Morgan fingerprint density at radius 1 is 1.27 bits per heavy atom. The van der Waals surface area contributed by atoms with Gasteiger partial charge < -0.3 is 19.3 Å². The van der Waals surface area contributed by atoms with Gasteiger partial charge in [0.1, 0.15) is 28.8 Å². The fourth-order valence-corrected chi connectivity index (χ4v) is 6.78. The predicted molar refractivity (Wildman–Crippen MR) is 158 cm³/mol. The number of pyridine rings is 1. The van der Waals surface area contributed by atoms with Gasteiger partial charge in [0.2, 0.25) is 0 Å². The number of likely N-dealkylation sites (tertiary alicyclic amines) is 1. The monoisotopic (exact) mass is 624 g/mol. The minimum absolute atomic E-state index is 0.00799. The second-order valence-electron chi connectivity index (χ2n) is 11.6. The lowest BCUT2D eigenvalue weighted by atomic mass is 9.94. The molecule has 1 amide bonds. The number of aromatic nitrogens is 3. The standard InChI is InChI=1S/C30H30F2N6O5S/c1-30(2,3)43-29(40)37-27-16(9-33)22-25(34-11-20(31)26(22)44-27)21-19-14-41-13-18(19)17-10-35-28(36-24(17)23(21)32)42-12-15-5-4-6-38(15)7-8-39/h10-11,15,39H,4-8,12-14H2,1-3H3,(H,37,40)/t15-/m0/s1. The summed E-state index contributed by atoms with van der Waals surface area (Å²) in [6.07, 6.45) is 3.53. The third-order valence-electron chi connectivity index (χ3n) is 7.60. The van der Waals surface area contributed by atoms with Gasteiger partial charge >= 0.3 is 12.1 Å². The predicted octanol–water partition coefficient (Wildman–Crippen LogP) is 5.27. The van der Waals surface area contributed by atoms with Gasteiger partial charge in [0.15, 0.2) is 11.6 Å². The number of carbonyl (C=O) groups is 1. The number of aliphatic hydroxyl groups is 1. The zero-order chi connectivity index (χ0) is 31.2. The largest absolute Gasteiger partial charge is 0.462 e. The minimum atomic E-state index is -0.817. The van der Waals surface area contributed by atoms with Crippen LogP contribution in [0.15, 0.2) is 12.4 Å². The van der Waals surface area contributed by atoms with E-state index in [0.717, 1.165) is 36.9 Å². The summed E-state index contributed by atoms with van der Waals surface area (Å²) in [5.41, 5.74) is 0.319. The van der Waals surface area contributed by atoms with Crippen molar-refractivity contribution >= 4 is 43.4 Å². The molecule has 0 unspecified atom stereocenters. The van der Waals surface area contributed by atoms with Gasteiger partial charge in [-0.25, -0.2) is 18.6 Å². The van der Waals surface area contributed by atoms with Crippen LogP contribution in [0.25, 0.3) is 32.2 Å². The minimum Gasteiger partial charge on any atom is -0.462 e. The Morgan fingerprint density at radius 2 is 2.07 bits per heavy atom. The number of aliphatic hydroxyl groups excluding tert-OH is 1. The number of thiophene rings is 1. The number of hydrogen-bond donors (Lipinski definition) is 2. The van der Waals surface area contributed by atoms with Crippen LogP contribution in [0.2, 0.25) is 0 Å². The van der Waals surface area contributed by atoms with Crippen LogP contribution < -0.4 is 10.1 Å². The molecule has 3 aromatic heterocycles. The van der Waals surface area contributed by atoms with Gasteiger partial charge in [0.05, 0.1) is 42.0 Å². The van der Waals surface area contributed by atoms with E-state index in [-0.39, 0.29) is 75.9 Å². The molecule has 11 nitrogen and oxygen atoms in total. The van der Waals surface area contributed by atoms with Gasteiger partial charge in [-0.05, 0) is 51.3 Å². The third-order valence-corrected chi connectivity index (χ3v) is 8.71. The summed E-state index contributed by atoms with van der Waals surface area (Å²) >= 11 is 0.837. The second kappa shape index (κ2) is 11.8. The average molecular weight is 625 g/mol. The molecule has 4 aromatic rings. The van der Waals surface area contributed by atoms with E-state index in [4.69, 9.17) is 14.2 Å². The maximum Gasteiger partial charge on any atom is 0.412 e. The number of carbonyl (C=O) groups excluding carboxylic acids is 1. The SMILES string of the molecule is CC(C)(C)OC(=O)Nc1sc2c(F)cnc(-c3c4c(c5cnc(OC[C@@H]6CCCN6CCO)nc5c3F)COC4)c2c1C#N. The third kappa shape index (κ3) is 5.52. The Kier molecular flexibility index (Phi) is 8.06. The van der Waals surface area contributed by atoms with E-state index in [9.17, 15) is 15.2 Å². The normalized spacial score (nSPS) is 16.8. The number of β-amino-alcohol motifs (C(OH)–C–C–N with tert-alkyl or cyclic N) is 1. The molecule has 2 aliphatic heterocycles. The van der Waals surface area contributed by atoms with Crippen molar-refractivity contribution in [1.82, 2.24) is 19.9 Å². The Hall–Kier alpha value is -4.03. The van der Waals surface area contributed by atoms with E-state index >= 15 is 8.78 Å². The molecule has 0 spiro atoms. The highest BCUT2D eigenvalue weighted by molar-refractivity contribution is 7.23. The molecule has 1 aromatic carbocycles. The number of hydrogen-bond acceptors (Lipinski definition) is 11. The maximum absolute atomic E-state index is 16.6. The summed E-state index contributed by atoms with van der Waals surface area (Å²) in [4.78, 5) is 27.7. The van der Waals surface area contributed by atoms with Crippen LogP contribution in [0.1, 0.15) is 50.3 Å². The first-order valence-corrected chi connectivity index (χ1v) is 15.0. The molecule has 2 aliphatic rings. The van der Waals surface area contributed by atoms with E-state index in [2.05, 4.69) is 25.2 Å². The number of halogens is 2. The highest BCUT2D eigenvalue weighted by Crippen LogP contribution is 2.45. The number of nitrogens with zero attached hydrogens (tertiary/aromatic N) is 5. The Morgan fingerprint density at radius 3 is 2.82 bits per heavy atom. The molecule has 230 valence electrons. The summed E-state index contributed by atoms with van der Waals surface area (Å²) < 4.78 is 48.7. The first kappa shape index (κ1) is 30.0. The molecular formula is C30H30F2N6O5S. The molecule has 1 atom stereocenters. The zero-order valence-corrected chi connectivity index (χ0v) is 25.2. The highest BCUT2D eigenvalue weighted by atomic mass is 32.1. The lowest BCUT2D eigenvalue weighted by molar-refractivity contribution is 0.0636. The van der Waals surface area contributed by atoms with Crippen molar-refractivity contribution in [3.63, 3.8) is 0 Å². The molecule has 0 radical (unpaired) electrons. The van der Waals surface area contributed by atoms with Crippen molar-refractivity contribution < 1.29 is 32.9 Å². The van der Waals surface area contributed by atoms with Crippen molar-refractivity contribution in [2.75, 3.05) is 31.6 Å². The number of benzene rings is 1. The van der Waals surface area contributed by atoms with Crippen LogP contribution in [0.4, 0.5) is 18.6 Å². The first-order valence-electron chi connectivity index (χ1n) is 14.2. The van der Waals surface area contributed by atoms with Gasteiger partial charge in [-0.1, -0.05) is 0 Å². The second-order valence-corrected chi connectivity index (χ2v) is 12.6.